The van der Waals surface area contributed by atoms with Crippen LogP contribution in [-0.2, 0) is 9.84 Å². The van der Waals surface area contributed by atoms with Crippen molar-refractivity contribution in [2.45, 2.75) is 12.8 Å². The summed E-state index contributed by atoms with van der Waals surface area (Å²) in [5.74, 6) is 0.909. The maximum atomic E-state index is 11.2. The third-order valence-corrected chi connectivity index (χ3v) is 4.79. The zero-order chi connectivity index (χ0) is 16.7. The SMILES string of the molecule is CN=C(NCCS(C)(=O)=O)N1CCC(=Cc2ccccc2)CC1.I. The average molecular weight is 463 g/mol. The van der Waals surface area contributed by atoms with Crippen molar-refractivity contribution in [2.75, 3.05) is 38.7 Å². The first kappa shape index (κ1) is 21.0. The monoisotopic (exact) mass is 463 g/mol. The van der Waals surface area contributed by atoms with E-state index in [0.717, 1.165) is 31.9 Å². The Morgan fingerprint density at radius 1 is 1.25 bits per heavy atom. The fourth-order valence-electron chi connectivity index (χ4n) is 2.62. The average Bonchev–Trinajstić information content (AvgIpc) is 2.53. The molecule has 1 saturated heterocycles. The van der Waals surface area contributed by atoms with Crippen molar-refractivity contribution in [2.24, 2.45) is 4.99 Å². The maximum absolute atomic E-state index is 11.2. The van der Waals surface area contributed by atoms with Crippen LogP contribution < -0.4 is 5.32 Å². The number of likely N-dealkylation sites (tertiary alicyclic amines) is 1. The lowest BCUT2D eigenvalue weighted by Crippen LogP contribution is -2.45. The number of benzene rings is 1. The minimum atomic E-state index is -2.95. The summed E-state index contributed by atoms with van der Waals surface area (Å²) in [6.45, 7) is 2.20. The fourth-order valence-corrected chi connectivity index (χ4v) is 3.09. The van der Waals surface area contributed by atoms with Gasteiger partial charge in [0, 0.05) is 32.9 Å². The maximum Gasteiger partial charge on any atom is 0.193 e. The molecule has 0 aliphatic carbocycles. The molecule has 0 saturated carbocycles. The molecule has 1 aromatic rings. The van der Waals surface area contributed by atoms with Gasteiger partial charge in [0.15, 0.2) is 5.96 Å². The molecule has 0 bridgehead atoms. The molecule has 7 heteroatoms. The van der Waals surface area contributed by atoms with E-state index in [4.69, 9.17) is 0 Å². The van der Waals surface area contributed by atoms with Gasteiger partial charge in [-0.3, -0.25) is 4.99 Å². The summed E-state index contributed by atoms with van der Waals surface area (Å²) in [7, 11) is -1.21. The van der Waals surface area contributed by atoms with Gasteiger partial charge in [-0.05, 0) is 18.4 Å². The summed E-state index contributed by atoms with van der Waals surface area (Å²) < 4.78 is 22.4. The number of hydrogen-bond donors (Lipinski definition) is 1. The number of rotatable bonds is 4. The van der Waals surface area contributed by atoms with Crippen molar-refractivity contribution in [1.82, 2.24) is 10.2 Å². The van der Waals surface area contributed by atoms with Crippen LogP contribution in [0.2, 0.25) is 0 Å². The summed E-state index contributed by atoms with van der Waals surface area (Å²) in [4.78, 5) is 6.44. The molecule has 0 amide bonds. The third kappa shape index (κ3) is 7.21. The van der Waals surface area contributed by atoms with Gasteiger partial charge in [-0.2, -0.15) is 0 Å². The highest BCUT2D eigenvalue weighted by Crippen LogP contribution is 2.19. The lowest BCUT2D eigenvalue weighted by Gasteiger charge is -2.31. The Balaban J connectivity index is 0.00000288. The standard InChI is InChI=1S/C17H25N3O2S.HI/c1-18-17(19-10-13-23(2,21)22)20-11-8-16(9-12-20)14-15-6-4-3-5-7-15;/h3-7,14H,8-13H2,1-2H3,(H,18,19);1H. The molecule has 2 rings (SSSR count). The number of sulfone groups is 1. The predicted molar refractivity (Wildman–Crippen MR) is 112 cm³/mol. The Labute approximate surface area is 162 Å². The highest BCUT2D eigenvalue weighted by Gasteiger charge is 2.17. The Hall–Kier alpha value is -1.09. The molecule has 134 valence electrons. The Morgan fingerprint density at radius 3 is 2.42 bits per heavy atom. The summed E-state index contributed by atoms with van der Waals surface area (Å²) in [5, 5.41) is 3.14. The number of hydrogen-bond acceptors (Lipinski definition) is 3. The van der Waals surface area contributed by atoms with E-state index in [2.05, 4.69) is 45.6 Å². The van der Waals surface area contributed by atoms with Crippen molar-refractivity contribution in [3.8, 4) is 0 Å². The lowest BCUT2D eigenvalue weighted by atomic mass is 10.0. The topological polar surface area (TPSA) is 61.8 Å². The molecule has 24 heavy (non-hydrogen) atoms. The molecule has 0 spiro atoms. The van der Waals surface area contributed by atoms with Crippen LogP contribution in [0.4, 0.5) is 0 Å². The Morgan fingerprint density at radius 2 is 1.88 bits per heavy atom. The van der Waals surface area contributed by atoms with Gasteiger partial charge in [0.2, 0.25) is 0 Å². The van der Waals surface area contributed by atoms with E-state index in [1.54, 1.807) is 7.05 Å². The second-order valence-electron chi connectivity index (χ2n) is 5.80. The Kier molecular flexibility index (Phi) is 8.75. The van der Waals surface area contributed by atoms with Crippen molar-refractivity contribution in [3.63, 3.8) is 0 Å². The van der Waals surface area contributed by atoms with Gasteiger partial charge in [0.25, 0.3) is 0 Å². The van der Waals surface area contributed by atoms with Gasteiger partial charge >= 0.3 is 0 Å². The van der Waals surface area contributed by atoms with Gasteiger partial charge in [-0.1, -0.05) is 42.0 Å². The van der Waals surface area contributed by atoms with Crippen molar-refractivity contribution < 1.29 is 8.42 Å². The first-order valence-corrected chi connectivity index (χ1v) is 9.92. The van der Waals surface area contributed by atoms with Crippen molar-refractivity contribution in [3.05, 3.63) is 41.5 Å². The van der Waals surface area contributed by atoms with E-state index in [0.29, 0.717) is 6.54 Å². The molecule has 0 unspecified atom stereocenters. The molecule has 1 aromatic carbocycles. The predicted octanol–water partition coefficient (Wildman–Crippen LogP) is 2.40. The third-order valence-electron chi connectivity index (χ3n) is 3.84. The number of nitrogens with one attached hydrogen (secondary N) is 1. The molecule has 0 atom stereocenters. The van der Waals surface area contributed by atoms with Crippen LogP contribution >= 0.6 is 24.0 Å². The minimum Gasteiger partial charge on any atom is -0.355 e. The molecule has 1 heterocycles. The van der Waals surface area contributed by atoms with Crippen LogP contribution in [0.25, 0.3) is 6.08 Å². The number of guanidine groups is 1. The van der Waals surface area contributed by atoms with E-state index in [1.165, 1.54) is 17.4 Å². The second-order valence-corrected chi connectivity index (χ2v) is 8.06. The quantitative estimate of drug-likeness (QED) is 0.423. The fraction of sp³-hybridized carbons (Fsp3) is 0.471. The van der Waals surface area contributed by atoms with Crippen LogP contribution in [0.5, 0.6) is 0 Å². The molecule has 1 aliphatic heterocycles. The van der Waals surface area contributed by atoms with Crippen molar-refractivity contribution >= 4 is 45.8 Å². The van der Waals surface area contributed by atoms with E-state index in [9.17, 15) is 8.42 Å². The highest BCUT2D eigenvalue weighted by molar-refractivity contribution is 14.0. The van der Waals surface area contributed by atoms with Gasteiger partial charge in [0.1, 0.15) is 9.84 Å². The van der Waals surface area contributed by atoms with Gasteiger partial charge in [0.05, 0.1) is 5.75 Å². The lowest BCUT2D eigenvalue weighted by molar-refractivity contribution is 0.376. The first-order valence-electron chi connectivity index (χ1n) is 7.86. The molecule has 5 nitrogen and oxygen atoms in total. The smallest absolute Gasteiger partial charge is 0.193 e. The zero-order valence-corrected chi connectivity index (χ0v) is 17.4. The highest BCUT2D eigenvalue weighted by atomic mass is 127. The van der Waals surface area contributed by atoms with Crippen LogP contribution in [0.1, 0.15) is 18.4 Å². The molecule has 1 aliphatic rings. The van der Waals surface area contributed by atoms with Crippen molar-refractivity contribution in [1.29, 1.82) is 0 Å². The van der Waals surface area contributed by atoms with Crippen LogP contribution in [0.15, 0.2) is 40.9 Å². The van der Waals surface area contributed by atoms with Gasteiger partial charge < -0.3 is 10.2 Å². The normalized spacial score (nSPS) is 15.7. The molecular formula is C17H26IN3O2S. The number of aliphatic imine (C=N–C) groups is 1. The Bertz CT molecular complexity index is 662. The van der Waals surface area contributed by atoms with E-state index >= 15 is 0 Å². The summed E-state index contributed by atoms with van der Waals surface area (Å²) >= 11 is 0. The summed E-state index contributed by atoms with van der Waals surface area (Å²) in [5.41, 5.74) is 2.69. The number of nitrogens with zero attached hydrogens (tertiary/aromatic N) is 2. The van der Waals surface area contributed by atoms with Crippen LogP contribution in [-0.4, -0.2) is 58.0 Å². The molecule has 0 radical (unpaired) electrons. The molecule has 1 N–H and O–H groups in total. The number of piperidine rings is 1. The molecule has 1 fully saturated rings. The second kappa shape index (κ2) is 10.0. The van der Waals surface area contributed by atoms with Crippen LogP contribution in [0, 0.1) is 0 Å². The van der Waals surface area contributed by atoms with Gasteiger partial charge in [-0.15, -0.1) is 24.0 Å². The van der Waals surface area contributed by atoms with E-state index in [-0.39, 0.29) is 29.7 Å². The minimum absolute atomic E-state index is 0. The van der Waals surface area contributed by atoms with Crippen LogP contribution in [0.3, 0.4) is 0 Å². The van der Waals surface area contributed by atoms with Gasteiger partial charge in [-0.25, -0.2) is 8.42 Å². The molecular weight excluding hydrogens is 437 g/mol. The number of halogens is 1. The van der Waals surface area contributed by atoms with E-state index in [1.807, 2.05) is 6.07 Å². The summed E-state index contributed by atoms with van der Waals surface area (Å²) in [6, 6.07) is 10.4. The summed E-state index contributed by atoms with van der Waals surface area (Å²) in [6.07, 6.45) is 5.51. The van der Waals surface area contributed by atoms with E-state index < -0.39 is 9.84 Å². The first-order chi connectivity index (χ1) is 11.0. The molecule has 0 aromatic heterocycles. The largest absolute Gasteiger partial charge is 0.355 e. The zero-order valence-electron chi connectivity index (χ0n) is 14.2.